The largest absolute Gasteiger partial charge is 0.369 e. The molecule has 3 N–H and O–H groups in total. The van der Waals surface area contributed by atoms with E-state index in [1.807, 2.05) is 24.3 Å². The van der Waals surface area contributed by atoms with E-state index in [0.29, 0.717) is 10.8 Å². The first-order valence-electron chi connectivity index (χ1n) is 6.40. The van der Waals surface area contributed by atoms with Crippen LogP contribution in [-0.4, -0.2) is 22.0 Å². The Labute approximate surface area is 130 Å². The number of nitrogens with zero attached hydrogens (tertiary/aromatic N) is 1. The van der Waals surface area contributed by atoms with Crippen molar-refractivity contribution in [2.75, 3.05) is 5.32 Å². The topological polar surface area (TPSA) is 85.1 Å². The normalized spacial score (nSPS) is 16.5. The van der Waals surface area contributed by atoms with Gasteiger partial charge in [0.25, 0.3) is 0 Å². The first-order chi connectivity index (χ1) is 10.1. The smallest absolute Gasteiger partial charge is 0.239 e. The second kappa shape index (κ2) is 5.87. The summed E-state index contributed by atoms with van der Waals surface area (Å²) in [5, 5.41) is 4.91. The van der Waals surface area contributed by atoms with Gasteiger partial charge < -0.3 is 11.1 Å². The number of benzene rings is 1. The van der Waals surface area contributed by atoms with Gasteiger partial charge in [-0.05, 0) is 18.1 Å². The Bertz CT molecular complexity index is 674. The zero-order chi connectivity index (χ0) is 14.8. The van der Waals surface area contributed by atoms with Crippen LogP contribution in [-0.2, 0) is 22.4 Å². The highest BCUT2D eigenvalue weighted by Gasteiger charge is 2.28. The molecule has 0 spiro atoms. The van der Waals surface area contributed by atoms with Crippen molar-refractivity contribution in [1.82, 2.24) is 4.98 Å². The van der Waals surface area contributed by atoms with Gasteiger partial charge in [-0.25, -0.2) is 4.98 Å². The Kier molecular flexibility index (Phi) is 3.94. The number of carbonyl (C=O) groups excluding carboxylic acids is 2. The summed E-state index contributed by atoms with van der Waals surface area (Å²) in [6.45, 7) is 0. The van der Waals surface area contributed by atoms with Gasteiger partial charge in [-0.2, -0.15) is 0 Å². The SMILES string of the molecule is NC(=O)Cc1csc(NC(=O)C2Cc3ccccc3S2)n1. The van der Waals surface area contributed by atoms with Gasteiger partial charge in [-0.3, -0.25) is 9.59 Å². The van der Waals surface area contributed by atoms with Crippen LogP contribution in [0.4, 0.5) is 5.13 Å². The van der Waals surface area contributed by atoms with Crippen LogP contribution in [0.3, 0.4) is 0 Å². The van der Waals surface area contributed by atoms with Gasteiger partial charge in [0.1, 0.15) is 0 Å². The van der Waals surface area contributed by atoms with Crippen LogP contribution in [0.5, 0.6) is 0 Å². The van der Waals surface area contributed by atoms with Gasteiger partial charge in [-0.15, -0.1) is 23.1 Å². The minimum absolute atomic E-state index is 0.0591. The maximum Gasteiger partial charge on any atom is 0.239 e. The van der Waals surface area contributed by atoms with Crippen molar-refractivity contribution in [3.05, 3.63) is 40.9 Å². The van der Waals surface area contributed by atoms with Crippen molar-refractivity contribution in [3.63, 3.8) is 0 Å². The first-order valence-corrected chi connectivity index (χ1v) is 8.16. The number of thioether (sulfide) groups is 1. The number of aromatic nitrogens is 1. The summed E-state index contributed by atoms with van der Waals surface area (Å²) in [5.74, 6) is -0.490. The molecule has 0 aliphatic carbocycles. The molecule has 0 bridgehead atoms. The Morgan fingerprint density at radius 2 is 2.19 bits per heavy atom. The van der Waals surface area contributed by atoms with Crippen molar-refractivity contribution in [2.24, 2.45) is 5.73 Å². The molecule has 1 unspecified atom stereocenters. The highest BCUT2D eigenvalue weighted by Crippen LogP contribution is 2.37. The summed E-state index contributed by atoms with van der Waals surface area (Å²) in [6.07, 6.45) is 0.822. The average molecular weight is 319 g/mol. The molecule has 1 aromatic carbocycles. The summed E-state index contributed by atoms with van der Waals surface area (Å²) in [7, 11) is 0. The maximum absolute atomic E-state index is 12.3. The van der Waals surface area contributed by atoms with Crippen molar-refractivity contribution in [2.45, 2.75) is 23.0 Å². The monoisotopic (exact) mass is 319 g/mol. The second-order valence-electron chi connectivity index (χ2n) is 4.69. The predicted molar refractivity (Wildman–Crippen MR) is 83.4 cm³/mol. The lowest BCUT2D eigenvalue weighted by Gasteiger charge is -2.07. The van der Waals surface area contributed by atoms with E-state index in [2.05, 4.69) is 10.3 Å². The molecule has 0 radical (unpaired) electrons. The van der Waals surface area contributed by atoms with Crippen molar-refractivity contribution < 1.29 is 9.59 Å². The standard InChI is InChI=1S/C14H13N3O2S2/c15-12(18)6-9-7-20-14(16-9)17-13(19)11-5-8-3-1-2-4-10(8)21-11/h1-4,7,11H,5-6H2,(H2,15,18)(H,16,17,19). The molecule has 0 saturated carbocycles. The van der Waals surface area contributed by atoms with Crippen LogP contribution in [0.25, 0.3) is 0 Å². The van der Waals surface area contributed by atoms with E-state index in [4.69, 9.17) is 5.73 Å². The number of carbonyl (C=O) groups is 2. The Morgan fingerprint density at radius 1 is 1.38 bits per heavy atom. The Hall–Kier alpha value is -1.86. The number of fused-ring (bicyclic) bond motifs is 1. The van der Waals surface area contributed by atoms with E-state index in [1.54, 1.807) is 17.1 Å². The molecule has 3 rings (SSSR count). The quantitative estimate of drug-likeness (QED) is 0.900. The van der Waals surface area contributed by atoms with Crippen molar-refractivity contribution >= 4 is 40.0 Å². The molecule has 1 aliphatic heterocycles. The van der Waals surface area contributed by atoms with E-state index in [-0.39, 0.29) is 17.6 Å². The lowest BCUT2D eigenvalue weighted by Crippen LogP contribution is -2.24. The van der Waals surface area contributed by atoms with Crippen LogP contribution in [0.2, 0.25) is 0 Å². The number of nitrogens with one attached hydrogen (secondary N) is 1. The van der Waals surface area contributed by atoms with E-state index in [0.717, 1.165) is 11.3 Å². The molecule has 0 fully saturated rings. The fraction of sp³-hybridized carbons (Fsp3) is 0.214. The maximum atomic E-state index is 12.3. The predicted octanol–water partition coefficient (Wildman–Crippen LogP) is 1.83. The van der Waals surface area contributed by atoms with Gasteiger partial charge in [0.2, 0.25) is 11.8 Å². The fourth-order valence-corrected chi connectivity index (χ4v) is 4.05. The molecule has 21 heavy (non-hydrogen) atoms. The Morgan fingerprint density at radius 3 is 2.95 bits per heavy atom. The molecule has 108 valence electrons. The number of hydrogen-bond acceptors (Lipinski definition) is 5. The molecule has 5 nitrogen and oxygen atoms in total. The van der Waals surface area contributed by atoms with Gasteiger partial charge >= 0.3 is 0 Å². The summed E-state index contributed by atoms with van der Waals surface area (Å²) in [5.41, 5.74) is 6.91. The number of primary amides is 1. The third-order valence-electron chi connectivity index (χ3n) is 3.08. The van der Waals surface area contributed by atoms with E-state index in [1.165, 1.54) is 16.9 Å². The van der Waals surface area contributed by atoms with Crippen LogP contribution in [0.15, 0.2) is 34.5 Å². The lowest BCUT2D eigenvalue weighted by atomic mass is 10.1. The number of thiazole rings is 1. The molecule has 2 heterocycles. The molecule has 2 aromatic rings. The Balaban J connectivity index is 1.63. The number of amides is 2. The van der Waals surface area contributed by atoms with E-state index < -0.39 is 5.91 Å². The number of nitrogens with two attached hydrogens (primary N) is 1. The van der Waals surface area contributed by atoms with E-state index >= 15 is 0 Å². The van der Waals surface area contributed by atoms with E-state index in [9.17, 15) is 9.59 Å². The van der Waals surface area contributed by atoms with Gasteiger partial charge in [0, 0.05) is 10.3 Å². The molecular weight excluding hydrogens is 306 g/mol. The second-order valence-corrected chi connectivity index (χ2v) is 6.80. The zero-order valence-corrected chi connectivity index (χ0v) is 12.7. The summed E-state index contributed by atoms with van der Waals surface area (Å²) in [4.78, 5) is 28.4. The highest BCUT2D eigenvalue weighted by atomic mass is 32.2. The first kappa shape index (κ1) is 14.1. The molecule has 2 amide bonds. The lowest BCUT2D eigenvalue weighted by molar-refractivity contribution is -0.117. The zero-order valence-electron chi connectivity index (χ0n) is 11.0. The number of anilines is 1. The molecule has 1 atom stereocenters. The average Bonchev–Trinajstić information content (AvgIpc) is 3.04. The van der Waals surface area contributed by atoms with Crippen LogP contribution in [0, 0.1) is 0 Å². The summed E-state index contributed by atoms with van der Waals surface area (Å²) < 4.78 is 0. The highest BCUT2D eigenvalue weighted by molar-refractivity contribution is 8.01. The van der Waals surface area contributed by atoms with Gasteiger partial charge in [0.15, 0.2) is 5.13 Å². The molecule has 7 heteroatoms. The minimum atomic E-state index is -0.431. The third-order valence-corrected chi connectivity index (χ3v) is 5.20. The van der Waals surface area contributed by atoms with Crippen molar-refractivity contribution in [3.8, 4) is 0 Å². The molecule has 0 saturated heterocycles. The summed E-state index contributed by atoms with van der Waals surface area (Å²) in [6, 6.07) is 8.03. The van der Waals surface area contributed by atoms with Gasteiger partial charge in [0.05, 0.1) is 17.4 Å². The molecule has 1 aliphatic rings. The number of hydrogen-bond donors (Lipinski definition) is 2. The van der Waals surface area contributed by atoms with Crippen LogP contribution >= 0.6 is 23.1 Å². The molecule has 1 aromatic heterocycles. The van der Waals surface area contributed by atoms with Crippen LogP contribution < -0.4 is 11.1 Å². The fourth-order valence-electron chi connectivity index (χ4n) is 2.14. The third kappa shape index (κ3) is 3.25. The number of rotatable bonds is 4. The minimum Gasteiger partial charge on any atom is -0.369 e. The van der Waals surface area contributed by atoms with Gasteiger partial charge in [-0.1, -0.05) is 18.2 Å². The van der Waals surface area contributed by atoms with Crippen LogP contribution in [0.1, 0.15) is 11.3 Å². The van der Waals surface area contributed by atoms with Crippen molar-refractivity contribution in [1.29, 1.82) is 0 Å². The molecular formula is C14H13N3O2S2. The summed E-state index contributed by atoms with van der Waals surface area (Å²) >= 11 is 2.87.